The molecule has 0 aliphatic rings. The predicted octanol–water partition coefficient (Wildman–Crippen LogP) is 1.76. The molecule has 0 amide bonds. The first kappa shape index (κ1) is 14.0. The van der Waals surface area contributed by atoms with Crippen LogP contribution >= 0.6 is 12.0 Å². The Bertz CT molecular complexity index is 457. The van der Waals surface area contributed by atoms with Crippen LogP contribution < -0.4 is 5.56 Å². The molecule has 0 bridgehead atoms. The molecule has 1 heterocycles. The Kier molecular flexibility index (Phi) is 5.01. The van der Waals surface area contributed by atoms with Gasteiger partial charge < -0.3 is 5.11 Å². The molecule has 0 unspecified atom stereocenters. The molecule has 0 fully saturated rings. The summed E-state index contributed by atoms with van der Waals surface area (Å²) >= 11 is 0.801. The summed E-state index contributed by atoms with van der Waals surface area (Å²) < 4.78 is 5.54. The molecule has 2 N–H and O–H groups in total. The number of pyridine rings is 1. The summed E-state index contributed by atoms with van der Waals surface area (Å²) in [5.41, 5.74) is 1.63. The van der Waals surface area contributed by atoms with Gasteiger partial charge in [0.2, 0.25) is 0 Å². The highest BCUT2D eigenvalue weighted by Gasteiger charge is 2.15. The summed E-state index contributed by atoms with van der Waals surface area (Å²) in [6.07, 6.45) is 0. The molecular formula is C10H15NO5S. The molecule has 1 aromatic rings. The van der Waals surface area contributed by atoms with Crippen LogP contribution in [0, 0.1) is 13.8 Å². The van der Waals surface area contributed by atoms with Gasteiger partial charge in [-0.1, -0.05) is 5.04 Å². The van der Waals surface area contributed by atoms with E-state index in [9.17, 15) is 9.90 Å². The number of nitrogens with zero attached hydrogens (tertiary/aromatic N) is 1. The number of aromatic hydroxyl groups is 1. The summed E-state index contributed by atoms with van der Waals surface area (Å²) in [4.78, 5) is 12.0. The highest BCUT2D eigenvalue weighted by atomic mass is 32.2. The summed E-state index contributed by atoms with van der Waals surface area (Å²) in [5.74, 6) is 0.217. The van der Waals surface area contributed by atoms with Gasteiger partial charge in [-0.25, -0.2) is 5.26 Å². The molecule has 1 aromatic heterocycles. The van der Waals surface area contributed by atoms with Crippen molar-refractivity contribution in [2.45, 2.75) is 33.1 Å². The van der Waals surface area contributed by atoms with Crippen LogP contribution in [-0.4, -0.2) is 14.9 Å². The number of rotatable bonds is 5. The van der Waals surface area contributed by atoms with Gasteiger partial charge in [-0.2, -0.15) is 0 Å². The summed E-state index contributed by atoms with van der Waals surface area (Å²) in [6, 6.07) is 0. The maximum atomic E-state index is 12.0. The zero-order chi connectivity index (χ0) is 13.0. The third kappa shape index (κ3) is 2.81. The van der Waals surface area contributed by atoms with Crippen molar-refractivity contribution in [3.8, 4) is 5.88 Å². The first-order chi connectivity index (χ1) is 8.04. The van der Waals surface area contributed by atoms with E-state index >= 15 is 0 Å². The van der Waals surface area contributed by atoms with E-state index in [-0.39, 0.29) is 17.2 Å². The molecule has 0 saturated heterocycles. The topological polar surface area (TPSA) is 80.9 Å². The molecule has 7 heteroatoms. The molecule has 17 heavy (non-hydrogen) atoms. The van der Waals surface area contributed by atoms with E-state index in [1.54, 1.807) is 20.8 Å². The van der Waals surface area contributed by atoms with Crippen molar-refractivity contribution in [1.82, 2.24) is 4.57 Å². The van der Waals surface area contributed by atoms with Gasteiger partial charge in [0.1, 0.15) is 0 Å². The van der Waals surface area contributed by atoms with Crippen LogP contribution in [0.25, 0.3) is 0 Å². The highest BCUT2D eigenvalue weighted by Crippen LogP contribution is 2.23. The van der Waals surface area contributed by atoms with Crippen LogP contribution in [0.1, 0.15) is 23.6 Å². The zero-order valence-corrected chi connectivity index (χ0v) is 10.7. The van der Waals surface area contributed by atoms with Gasteiger partial charge in [-0.3, -0.25) is 9.36 Å². The van der Waals surface area contributed by atoms with Crippen LogP contribution in [0.2, 0.25) is 0 Å². The van der Waals surface area contributed by atoms with Crippen molar-refractivity contribution in [2.75, 3.05) is 0 Å². The number of hydrogen-bond acceptors (Lipinski definition) is 6. The van der Waals surface area contributed by atoms with Crippen molar-refractivity contribution >= 4 is 12.0 Å². The van der Waals surface area contributed by atoms with Gasteiger partial charge in [0.25, 0.3) is 5.56 Å². The van der Waals surface area contributed by atoms with Gasteiger partial charge in [0.05, 0.1) is 5.75 Å². The average molecular weight is 261 g/mol. The fraction of sp³-hybridized carbons (Fsp3) is 0.500. The van der Waals surface area contributed by atoms with Gasteiger partial charge in [0.15, 0.2) is 5.88 Å². The summed E-state index contributed by atoms with van der Waals surface area (Å²) in [5, 5.41) is 21.3. The van der Waals surface area contributed by atoms with Gasteiger partial charge >= 0.3 is 0 Å². The number of aromatic nitrogens is 1. The fourth-order valence-corrected chi connectivity index (χ4v) is 2.13. The van der Waals surface area contributed by atoms with Crippen LogP contribution in [0.3, 0.4) is 0 Å². The minimum Gasteiger partial charge on any atom is -0.494 e. The van der Waals surface area contributed by atoms with Gasteiger partial charge in [0, 0.05) is 29.7 Å². The van der Waals surface area contributed by atoms with Gasteiger partial charge in [-0.05, 0) is 26.3 Å². The standard InChI is InChI=1S/C10H15NO5S/c1-4-11-9(12)7(3)6(2)8(10(11)13)5-17-16-15-14/h12,14H,4-5H2,1-3H3. The van der Waals surface area contributed by atoms with Crippen molar-refractivity contribution in [2.24, 2.45) is 0 Å². The quantitative estimate of drug-likeness (QED) is 0.364. The summed E-state index contributed by atoms with van der Waals surface area (Å²) in [6.45, 7) is 5.67. The van der Waals surface area contributed by atoms with Crippen molar-refractivity contribution in [3.05, 3.63) is 27.0 Å². The van der Waals surface area contributed by atoms with E-state index in [1.165, 1.54) is 4.57 Å². The van der Waals surface area contributed by atoms with E-state index in [0.29, 0.717) is 23.2 Å². The van der Waals surface area contributed by atoms with E-state index in [4.69, 9.17) is 5.26 Å². The lowest BCUT2D eigenvalue weighted by Crippen LogP contribution is -2.25. The molecule has 0 saturated carbocycles. The molecule has 0 atom stereocenters. The third-order valence-corrected chi connectivity index (χ3v) is 3.27. The third-order valence-electron chi connectivity index (χ3n) is 2.71. The molecule has 6 nitrogen and oxygen atoms in total. The predicted molar refractivity (Wildman–Crippen MR) is 63.6 cm³/mol. The molecular weight excluding hydrogens is 246 g/mol. The monoisotopic (exact) mass is 261 g/mol. The van der Waals surface area contributed by atoms with E-state index in [1.807, 2.05) is 0 Å². The average Bonchev–Trinajstić information content (AvgIpc) is 2.32. The second kappa shape index (κ2) is 6.06. The Morgan fingerprint density at radius 1 is 1.35 bits per heavy atom. The molecule has 0 aliphatic heterocycles. The zero-order valence-electron chi connectivity index (χ0n) is 9.89. The lowest BCUT2D eigenvalue weighted by Gasteiger charge is -2.14. The lowest BCUT2D eigenvalue weighted by atomic mass is 10.1. The Hall–Kier alpha value is -1.02. The molecule has 0 aliphatic carbocycles. The molecule has 1 rings (SSSR count). The second-order valence-electron chi connectivity index (χ2n) is 3.51. The Morgan fingerprint density at radius 2 is 2.00 bits per heavy atom. The largest absolute Gasteiger partial charge is 0.494 e. The van der Waals surface area contributed by atoms with Crippen LogP contribution in [0.5, 0.6) is 5.88 Å². The molecule has 96 valence electrons. The first-order valence-corrected chi connectivity index (χ1v) is 5.97. The Balaban J connectivity index is 3.20. The van der Waals surface area contributed by atoms with Gasteiger partial charge in [-0.15, -0.1) is 4.33 Å². The van der Waals surface area contributed by atoms with Crippen molar-refractivity contribution in [3.63, 3.8) is 0 Å². The Labute approximate surface area is 103 Å². The maximum Gasteiger partial charge on any atom is 0.257 e. The lowest BCUT2D eigenvalue weighted by molar-refractivity contribution is -0.432. The highest BCUT2D eigenvalue weighted by molar-refractivity contribution is 7.93. The first-order valence-electron chi connectivity index (χ1n) is 5.06. The minimum atomic E-state index is -0.262. The molecule has 0 aromatic carbocycles. The molecule has 0 spiro atoms. The van der Waals surface area contributed by atoms with E-state index < -0.39 is 0 Å². The minimum absolute atomic E-state index is 0.0110. The maximum absolute atomic E-state index is 12.0. The van der Waals surface area contributed by atoms with Crippen molar-refractivity contribution < 1.29 is 19.7 Å². The Morgan fingerprint density at radius 3 is 2.53 bits per heavy atom. The van der Waals surface area contributed by atoms with Crippen LogP contribution in [-0.2, 0) is 21.7 Å². The van der Waals surface area contributed by atoms with Crippen molar-refractivity contribution in [1.29, 1.82) is 0 Å². The normalized spacial score (nSPS) is 10.8. The van der Waals surface area contributed by atoms with E-state index in [0.717, 1.165) is 12.0 Å². The second-order valence-corrected chi connectivity index (χ2v) is 4.17. The van der Waals surface area contributed by atoms with Crippen LogP contribution in [0.4, 0.5) is 0 Å². The van der Waals surface area contributed by atoms with Crippen LogP contribution in [0.15, 0.2) is 4.79 Å². The fourth-order valence-electron chi connectivity index (χ4n) is 1.58. The van der Waals surface area contributed by atoms with E-state index in [2.05, 4.69) is 9.37 Å². The smallest absolute Gasteiger partial charge is 0.257 e. The molecule has 0 radical (unpaired) electrons. The number of hydrogen-bond donors (Lipinski definition) is 2. The SMILES string of the molecule is CCn1c(O)c(C)c(C)c(CSOOO)c1=O. The summed E-state index contributed by atoms with van der Waals surface area (Å²) in [7, 11) is 0.